The Hall–Kier alpha value is -0.880. The molecule has 0 unspecified atom stereocenters. The summed E-state index contributed by atoms with van der Waals surface area (Å²) in [4.78, 5) is 10.2. The summed E-state index contributed by atoms with van der Waals surface area (Å²) in [6.07, 6.45) is 2.30. The molecule has 0 spiro atoms. The maximum atomic E-state index is 10.2. The van der Waals surface area contributed by atoms with E-state index in [9.17, 15) is 13.2 Å². The lowest BCUT2D eigenvalue weighted by molar-refractivity contribution is 0.210. The molecule has 0 rings (SSSR count). The SMILES string of the molecule is C/C=C/OC(=O)S(N)(=O)=O. The molecule has 0 amide bonds. The minimum absolute atomic E-state index is 0.937. The number of carbonyl (C=O) groups excluding carboxylic acids is 1. The van der Waals surface area contributed by atoms with Crippen LogP contribution in [0.3, 0.4) is 0 Å². The zero-order valence-electron chi connectivity index (χ0n) is 5.27. The molecule has 0 bridgehead atoms. The Bertz CT molecular complexity index is 240. The van der Waals surface area contributed by atoms with Crippen LogP contribution in [-0.2, 0) is 14.8 Å². The molecule has 6 heteroatoms. The van der Waals surface area contributed by atoms with Crippen molar-refractivity contribution >= 4 is 15.3 Å². The van der Waals surface area contributed by atoms with Gasteiger partial charge in [-0.15, -0.1) is 0 Å². The number of hydrogen-bond acceptors (Lipinski definition) is 4. The maximum Gasteiger partial charge on any atom is 0.444 e. The van der Waals surface area contributed by atoms with Crippen molar-refractivity contribution in [2.75, 3.05) is 0 Å². The lowest BCUT2D eigenvalue weighted by Gasteiger charge is -1.92. The van der Waals surface area contributed by atoms with Crippen LogP contribution in [-0.4, -0.2) is 13.7 Å². The van der Waals surface area contributed by atoms with Crippen molar-refractivity contribution in [3.8, 4) is 0 Å². The van der Waals surface area contributed by atoms with Crippen LogP contribution in [0.5, 0.6) is 0 Å². The van der Waals surface area contributed by atoms with E-state index in [1.54, 1.807) is 6.92 Å². The lowest BCUT2D eigenvalue weighted by atomic mass is 10.7. The fraction of sp³-hybridized carbons (Fsp3) is 0.250. The molecule has 0 aliphatic carbocycles. The Morgan fingerprint density at radius 2 is 2.10 bits per heavy atom. The standard InChI is InChI=1S/C4H7NO4S/c1-2-3-9-4(6)10(5,7)8/h2-3H,1H3,(H2,5,7,8)/b3-2+. The molecule has 0 aromatic heterocycles. The zero-order chi connectivity index (χ0) is 8.20. The molecule has 0 atom stereocenters. The van der Waals surface area contributed by atoms with Crippen LogP contribution in [0.25, 0.3) is 0 Å². The van der Waals surface area contributed by atoms with Crippen molar-refractivity contribution < 1.29 is 17.9 Å². The van der Waals surface area contributed by atoms with Crippen molar-refractivity contribution in [2.45, 2.75) is 6.92 Å². The molecule has 58 valence electrons. The monoisotopic (exact) mass is 165 g/mol. The predicted octanol–water partition coefficient (Wildman–Crippen LogP) is -0.0549. The fourth-order valence-corrected chi connectivity index (χ4v) is 0.380. The molecule has 0 aliphatic rings. The summed E-state index contributed by atoms with van der Waals surface area (Å²) in [6, 6.07) is 0. The van der Waals surface area contributed by atoms with E-state index in [1.165, 1.54) is 6.08 Å². The number of nitrogens with two attached hydrogens (primary N) is 1. The highest BCUT2D eigenvalue weighted by molar-refractivity contribution is 8.03. The Morgan fingerprint density at radius 1 is 1.60 bits per heavy atom. The topological polar surface area (TPSA) is 86.5 Å². The molecule has 0 saturated carbocycles. The summed E-state index contributed by atoms with van der Waals surface area (Å²) in [5.74, 6) is 0. The van der Waals surface area contributed by atoms with Gasteiger partial charge in [0.15, 0.2) is 0 Å². The number of hydrogen-bond donors (Lipinski definition) is 1. The highest BCUT2D eigenvalue weighted by Gasteiger charge is 2.16. The van der Waals surface area contributed by atoms with Crippen molar-refractivity contribution in [1.29, 1.82) is 0 Å². The van der Waals surface area contributed by atoms with Gasteiger partial charge in [0, 0.05) is 0 Å². The molecule has 2 N–H and O–H groups in total. The van der Waals surface area contributed by atoms with E-state index in [2.05, 4.69) is 9.88 Å². The van der Waals surface area contributed by atoms with E-state index in [1.807, 2.05) is 0 Å². The fourth-order valence-electron chi connectivity index (χ4n) is 0.191. The minimum Gasteiger partial charge on any atom is -0.422 e. The second-order valence-electron chi connectivity index (χ2n) is 1.38. The third-order valence-corrected chi connectivity index (χ3v) is 1.09. The normalized spacial score (nSPS) is 11.8. The smallest absolute Gasteiger partial charge is 0.422 e. The van der Waals surface area contributed by atoms with Crippen molar-refractivity contribution in [2.24, 2.45) is 5.14 Å². The van der Waals surface area contributed by atoms with Gasteiger partial charge in [-0.05, 0) is 6.92 Å². The van der Waals surface area contributed by atoms with E-state index in [0.717, 1.165) is 6.26 Å². The van der Waals surface area contributed by atoms with Gasteiger partial charge in [-0.2, -0.15) is 0 Å². The largest absolute Gasteiger partial charge is 0.444 e. The third-order valence-electron chi connectivity index (χ3n) is 0.533. The van der Waals surface area contributed by atoms with Crippen LogP contribution in [0.1, 0.15) is 6.92 Å². The summed E-state index contributed by atoms with van der Waals surface area (Å²) in [7, 11) is -4.19. The zero-order valence-corrected chi connectivity index (χ0v) is 6.09. The van der Waals surface area contributed by atoms with Gasteiger partial charge >= 0.3 is 15.3 Å². The summed E-state index contributed by atoms with van der Waals surface area (Å²) >= 11 is 0. The van der Waals surface area contributed by atoms with Crippen LogP contribution in [0.2, 0.25) is 0 Å². The van der Waals surface area contributed by atoms with E-state index in [0.29, 0.717) is 0 Å². The Kier molecular flexibility index (Phi) is 3.04. The van der Waals surface area contributed by atoms with Gasteiger partial charge in [0.2, 0.25) is 0 Å². The molecule has 0 fully saturated rings. The van der Waals surface area contributed by atoms with Gasteiger partial charge in [0.05, 0.1) is 6.26 Å². The van der Waals surface area contributed by atoms with Gasteiger partial charge in [-0.1, -0.05) is 6.08 Å². The summed E-state index contributed by atoms with van der Waals surface area (Å²) in [5, 5.41) is 2.93. The number of primary sulfonamides is 1. The van der Waals surface area contributed by atoms with Crippen LogP contribution in [0, 0.1) is 0 Å². The van der Waals surface area contributed by atoms with E-state index in [4.69, 9.17) is 0 Å². The predicted molar refractivity (Wildman–Crippen MR) is 34.4 cm³/mol. The number of allylic oxidation sites excluding steroid dienone is 1. The Labute approximate surface area is 58.5 Å². The molecule has 0 aliphatic heterocycles. The minimum atomic E-state index is -4.19. The average molecular weight is 165 g/mol. The number of ether oxygens (including phenoxy) is 1. The summed E-state index contributed by atoms with van der Waals surface area (Å²) in [6.45, 7) is 1.57. The van der Waals surface area contributed by atoms with Crippen LogP contribution in [0.15, 0.2) is 12.3 Å². The van der Waals surface area contributed by atoms with E-state index in [-0.39, 0.29) is 0 Å². The van der Waals surface area contributed by atoms with E-state index >= 15 is 0 Å². The van der Waals surface area contributed by atoms with E-state index < -0.39 is 15.3 Å². The first kappa shape index (κ1) is 9.12. The number of rotatable bonds is 1. The first-order valence-electron chi connectivity index (χ1n) is 2.33. The first-order chi connectivity index (χ1) is 4.48. The maximum absolute atomic E-state index is 10.2. The molecule has 5 nitrogen and oxygen atoms in total. The number of carbonyl (C=O) groups is 1. The summed E-state index contributed by atoms with van der Waals surface area (Å²) in [5.41, 5.74) is 0. The van der Waals surface area contributed by atoms with Gasteiger partial charge < -0.3 is 4.74 Å². The highest BCUT2D eigenvalue weighted by Crippen LogP contribution is 1.88. The molecule has 0 heterocycles. The Morgan fingerprint density at radius 3 is 2.40 bits per heavy atom. The molecular weight excluding hydrogens is 158 g/mol. The van der Waals surface area contributed by atoms with Gasteiger partial charge in [-0.3, -0.25) is 0 Å². The third kappa shape index (κ3) is 3.21. The second kappa shape index (κ2) is 3.33. The van der Waals surface area contributed by atoms with Gasteiger partial charge in [0.25, 0.3) is 0 Å². The van der Waals surface area contributed by atoms with Crippen LogP contribution in [0.4, 0.5) is 4.79 Å². The second-order valence-corrected chi connectivity index (χ2v) is 2.81. The molecule has 10 heavy (non-hydrogen) atoms. The molecule has 0 radical (unpaired) electrons. The molecule has 0 aromatic rings. The molecule has 0 saturated heterocycles. The highest BCUT2D eigenvalue weighted by atomic mass is 32.2. The van der Waals surface area contributed by atoms with Gasteiger partial charge in [-0.25, -0.2) is 18.4 Å². The summed E-state index contributed by atoms with van der Waals surface area (Å²) < 4.78 is 24.2. The molecule has 0 aromatic carbocycles. The van der Waals surface area contributed by atoms with Crippen molar-refractivity contribution in [3.05, 3.63) is 12.3 Å². The average Bonchev–Trinajstić information content (AvgIpc) is 1.80. The quantitative estimate of drug-likeness (QED) is 0.435. The lowest BCUT2D eigenvalue weighted by Crippen LogP contribution is -2.22. The Balaban J connectivity index is 4.14. The van der Waals surface area contributed by atoms with Crippen LogP contribution < -0.4 is 5.14 Å². The van der Waals surface area contributed by atoms with Crippen molar-refractivity contribution in [1.82, 2.24) is 0 Å². The van der Waals surface area contributed by atoms with Crippen LogP contribution >= 0.6 is 0 Å². The van der Waals surface area contributed by atoms with Crippen molar-refractivity contribution in [3.63, 3.8) is 0 Å². The number of sulfonamides is 1. The van der Waals surface area contributed by atoms with Gasteiger partial charge in [0.1, 0.15) is 0 Å². The first-order valence-corrected chi connectivity index (χ1v) is 3.87. The molecular formula is C4H7NO4S.